The van der Waals surface area contributed by atoms with Gasteiger partial charge < -0.3 is 4.74 Å². The van der Waals surface area contributed by atoms with E-state index in [1.807, 2.05) is 55.5 Å². The molecule has 35 heavy (non-hydrogen) atoms. The lowest BCUT2D eigenvalue weighted by atomic mass is 10.1. The first-order valence-corrected chi connectivity index (χ1v) is 13.3. The zero-order valence-electron chi connectivity index (χ0n) is 20.3. The van der Waals surface area contributed by atoms with Crippen molar-refractivity contribution in [2.24, 2.45) is 5.10 Å². The molecule has 3 aromatic rings. The van der Waals surface area contributed by atoms with Gasteiger partial charge in [-0.2, -0.15) is 5.10 Å². The van der Waals surface area contributed by atoms with Gasteiger partial charge >= 0.3 is 0 Å². The minimum Gasteiger partial charge on any atom is -0.494 e. The van der Waals surface area contributed by atoms with Crippen LogP contribution in [0.1, 0.15) is 46.8 Å². The highest BCUT2D eigenvalue weighted by atomic mass is 32.2. The van der Waals surface area contributed by atoms with Crippen LogP contribution in [0.25, 0.3) is 0 Å². The number of nitrogens with one attached hydrogen (secondary N) is 1. The summed E-state index contributed by atoms with van der Waals surface area (Å²) < 4.78 is 31.8. The van der Waals surface area contributed by atoms with Crippen molar-refractivity contribution >= 4 is 27.8 Å². The Labute approximate surface area is 207 Å². The highest BCUT2D eigenvalue weighted by Crippen LogP contribution is 2.21. The third-order valence-corrected chi connectivity index (χ3v) is 6.43. The molecule has 0 radical (unpaired) electrons. The molecule has 0 atom stereocenters. The van der Waals surface area contributed by atoms with E-state index in [4.69, 9.17) is 4.74 Å². The van der Waals surface area contributed by atoms with E-state index in [1.54, 1.807) is 30.5 Å². The zero-order valence-corrected chi connectivity index (χ0v) is 21.1. The summed E-state index contributed by atoms with van der Waals surface area (Å²) in [5, 5.41) is 4.01. The molecule has 0 aliphatic heterocycles. The maximum absolute atomic E-state index is 12.5. The minimum atomic E-state index is -3.51. The van der Waals surface area contributed by atoms with Crippen LogP contribution in [0.5, 0.6) is 5.75 Å². The molecule has 1 N–H and O–H groups in total. The van der Waals surface area contributed by atoms with Gasteiger partial charge in [-0.3, -0.25) is 9.10 Å². The van der Waals surface area contributed by atoms with E-state index >= 15 is 0 Å². The fraction of sp³-hybridized carbons (Fsp3) is 0.259. The third-order valence-electron chi connectivity index (χ3n) is 5.29. The summed E-state index contributed by atoms with van der Waals surface area (Å²) in [5.74, 6) is 0.405. The number of carbonyl (C=O) groups is 1. The Morgan fingerprint density at radius 2 is 1.66 bits per heavy atom. The van der Waals surface area contributed by atoms with Crippen LogP contribution in [0.15, 0.2) is 77.9 Å². The molecule has 3 rings (SSSR count). The summed E-state index contributed by atoms with van der Waals surface area (Å²) in [6.07, 6.45) is 4.81. The first kappa shape index (κ1) is 26.0. The van der Waals surface area contributed by atoms with E-state index in [-0.39, 0.29) is 6.54 Å². The molecule has 0 aromatic heterocycles. The van der Waals surface area contributed by atoms with Gasteiger partial charge in [-0.1, -0.05) is 43.2 Å². The third kappa shape index (κ3) is 7.96. The normalized spacial score (nSPS) is 11.4. The second-order valence-corrected chi connectivity index (χ2v) is 10.2. The lowest BCUT2D eigenvalue weighted by molar-refractivity contribution is 0.0955. The SMILES string of the molecule is CCCCOc1ccc(/C=N\NC(=O)c2ccc(N(Cc3ccc(C)cc3)S(C)(=O)=O)cc2)cc1. The van der Waals surface area contributed by atoms with E-state index in [9.17, 15) is 13.2 Å². The number of benzene rings is 3. The Hall–Kier alpha value is -3.65. The maximum atomic E-state index is 12.5. The van der Waals surface area contributed by atoms with Crippen molar-refractivity contribution < 1.29 is 17.9 Å². The van der Waals surface area contributed by atoms with Crippen molar-refractivity contribution in [3.05, 3.63) is 95.1 Å². The molecule has 3 aromatic carbocycles. The second kappa shape index (κ2) is 12.2. The topological polar surface area (TPSA) is 88.1 Å². The van der Waals surface area contributed by atoms with Gasteiger partial charge in [0.15, 0.2) is 0 Å². The number of carbonyl (C=O) groups excluding carboxylic acids is 1. The van der Waals surface area contributed by atoms with E-state index in [1.165, 1.54) is 10.6 Å². The molecule has 8 heteroatoms. The summed E-state index contributed by atoms with van der Waals surface area (Å²) in [7, 11) is -3.51. The first-order valence-electron chi connectivity index (χ1n) is 11.5. The average molecular weight is 494 g/mol. The fourth-order valence-corrected chi connectivity index (χ4v) is 4.14. The van der Waals surface area contributed by atoms with E-state index < -0.39 is 15.9 Å². The van der Waals surface area contributed by atoms with Crippen LogP contribution >= 0.6 is 0 Å². The van der Waals surface area contributed by atoms with Crippen molar-refractivity contribution in [1.82, 2.24) is 5.43 Å². The number of nitrogens with zero attached hydrogens (tertiary/aromatic N) is 2. The molecule has 1 amide bonds. The second-order valence-electron chi connectivity index (χ2n) is 8.27. The van der Waals surface area contributed by atoms with Crippen molar-refractivity contribution in [1.29, 1.82) is 0 Å². The number of amides is 1. The molecule has 184 valence electrons. The van der Waals surface area contributed by atoms with Crippen LogP contribution in [0.3, 0.4) is 0 Å². The van der Waals surface area contributed by atoms with Gasteiger partial charge in [0.05, 0.1) is 31.3 Å². The highest BCUT2D eigenvalue weighted by Gasteiger charge is 2.18. The maximum Gasteiger partial charge on any atom is 0.271 e. The number of ether oxygens (including phenoxy) is 1. The largest absolute Gasteiger partial charge is 0.494 e. The van der Waals surface area contributed by atoms with Gasteiger partial charge in [-0.25, -0.2) is 13.8 Å². The number of anilines is 1. The number of sulfonamides is 1. The highest BCUT2D eigenvalue weighted by molar-refractivity contribution is 7.92. The molecule has 0 heterocycles. The summed E-state index contributed by atoms with van der Waals surface area (Å²) in [6.45, 7) is 4.98. The Bertz CT molecular complexity index is 1240. The number of hydrazone groups is 1. The molecular weight excluding hydrogens is 462 g/mol. The van der Waals surface area contributed by atoms with Crippen molar-refractivity contribution in [3.63, 3.8) is 0 Å². The lowest BCUT2D eigenvalue weighted by Gasteiger charge is -2.22. The number of unbranched alkanes of at least 4 members (excludes halogenated alkanes) is 1. The van der Waals surface area contributed by atoms with E-state index in [2.05, 4.69) is 17.5 Å². The Morgan fingerprint density at radius 3 is 2.26 bits per heavy atom. The van der Waals surface area contributed by atoms with Gasteiger partial charge in [-0.05, 0) is 73.0 Å². The standard InChI is InChI=1S/C27H31N3O4S/c1-4-5-18-34-26-16-10-22(11-17-26)19-28-29-27(31)24-12-14-25(15-13-24)30(35(3,32)33)20-23-8-6-21(2)7-9-23/h6-17,19H,4-5,18,20H2,1-3H3,(H,29,31)/b28-19-. The number of rotatable bonds is 11. The summed E-state index contributed by atoms with van der Waals surface area (Å²) in [4.78, 5) is 12.5. The zero-order chi connectivity index (χ0) is 25.3. The van der Waals surface area contributed by atoms with Crippen LogP contribution in [-0.4, -0.2) is 33.4 Å². The summed E-state index contributed by atoms with van der Waals surface area (Å²) in [5.41, 5.74) is 6.14. The Morgan fingerprint density at radius 1 is 1.00 bits per heavy atom. The summed E-state index contributed by atoms with van der Waals surface area (Å²) in [6, 6.07) is 21.5. The predicted molar refractivity (Wildman–Crippen MR) is 141 cm³/mol. The van der Waals surface area contributed by atoms with Gasteiger partial charge in [0.25, 0.3) is 5.91 Å². The summed E-state index contributed by atoms with van der Waals surface area (Å²) >= 11 is 0. The molecule has 0 spiro atoms. The lowest BCUT2D eigenvalue weighted by Crippen LogP contribution is -2.29. The molecular formula is C27H31N3O4S. The molecule has 0 saturated carbocycles. The van der Waals surface area contributed by atoms with Crippen molar-refractivity contribution in [2.45, 2.75) is 33.2 Å². The molecule has 0 aliphatic carbocycles. The monoisotopic (exact) mass is 493 g/mol. The molecule has 0 fully saturated rings. The van der Waals surface area contributed by atoms with E-state index in [0.29, 0.717) is 17.9 Å². The van der Waals surface area contributed by atoms with E-state index in [0.717, 1.165) is 35.3 Å². The van der Waals surface area contributed by atoms with Gasteiger partial charge in [0.2, 0.25) is 10.0 Å². The minimum absolute atomic E-state index is 0.206. The molecule has 7 nitrogen and oxygen atoms in total. The van der Waals surface area contributed by atoms with Crippen LogP contribution in [0, 0.1) is 6.92 Å². The number of aryl methyl sites for hydroxylation is 1. The predicted octanol–water partition coefficient (Wildman–Crippen LogP) is 4.90. The first-order chi connectivity index (χ1) is 16.8. The molecule has 0 unspecified atom stereocenters. The molecule has 0 aliphatic rings. The average Bonchev–Trinajstić information content (AvgIpc) is 2.84. The van der Waals surface area contributed by atoms with Crippen molar-refractivity contribution in [2.75, 3.05) is 17.2 Å². The molecule has 0 saturated heterocycles. The Kier molecular flexibility index (Phi) is 9.03. The fourth-order valence-electron chi connectivity index (χ4n) is 3.25. The van der Waals surface area contributed by atoms with Gasteiger partial charge in [0.1, 0.15) is 5.75 Å². The van der Waals surface area contributed by atoms with Crippen LogP contribution in [-0.2, 0) is 16.6 Å². The van der Waals surface area contributed by atoms with Crippen molar-refractivity contribution in [3.8, 4) is 5.75 Å². The number of hydrogen-bond acceptors (Lipinski definition) is 5. The van der Waals surface area contributed by atoms with Crippen LogP contribution in [0.2, 0.25) is 0 Å². The van der Waals surface area contributed by atoms with Gasteiger partial charge in [0, 0.05) is 5.56 Å². The smallest absolute Gasteiger partial charge is 0.271 e. The van der Waals surface area contributed by atoms with Crippen LogP contribution < -0.4 is 14.5 Å². The number of hydrogen-bond donors (Lipinski definition) is 1. The molecule has 0 bridgehead atoms. The Balaban J connectivity index is 1.61. The van der Waals surface area contributed by atoms with Gasteiger partial charge in [-0.15, -0.1) is 0 Å². The quantitative estimate of drug-likeness (QED) is 0.234. The van der Waals surface area contributed by atoms with Crippen LogP contribution in [0.4, 0.5) is 5.69 Å².